The molecule has 0 fully saturated rings. The van der Waals surface area contributed by atoms with Gasteiger partial charge in [0, 0.05) is 16.7 Å². The summed E-state index contributed by atoms with van der Waals surface area (Å²) in [5.41, 5.74) is 3.84. The molecule has 0 saturated carbocycles. The summed E-state index contributed by atoms with van der Waals surface area (Å²) in [6, 6.07) is 13.8. The maximum absolute atomic E-state index is 9.08. The van der Waals surface area contributed by atoms with Crippen LogP contribution in [-0.4, -0.2) is 7.11 Å². The van der Waals surface area contributed by atoms with Crippen molar-refractivity contribution in [3.8, 4) is 11.8 Å². The van der Waals surface area contributed by atoms with Crippen molar-refractivity contribution >= 4 is 21.6 Å². The maximum atomic E-state index is 9.08. The number of nitrogens with one attached hydrogen (secondary N) is 1. The van der Waals surface area contributed by atoms with Crippen LogP contribution in [-0.2, 0) is 6.54 Å². The van der Waals surface area contributed by atoms with Crippen LogP contribution in [0.15, 0.2) is 40.9 Å². The Morgan fingerprint density at radius 3 is 2.80 bits per heavy atom. The van der Waals surface area contributed by atoms with Gasteiger partial charge in [-0.3, -0.25) is 0 Å². The second-order valence-corrected chi connectivity index (χ2v) is 5.27. The van der Waals surface area contributed by atoms with Crippen LogP contribution in [0.3, 0.4) is 0 Å². The monoisotopic (exact) mass is 330 g/mol. The van der Waals surface area contributed by atoms with Crippen molar-refractivity contribution in [1.29, 1.82) is 5.26 Å². The number of benzene rings is 2. The Morgan fingerprint density at radius 1 is 1.30 bits per heavy atom. The Labute approximate surface area is 127 Å². The van der Waals surface area contributed by atoms with Crippen LogP contribution in [0, 0.1) is 18.3 Å². The van der Waals surface area contributed by atoms with Gasteiger partial charge in [0.15, 0.2) is 0 Å². The number of methoxy groups -OCH3 is 1. The van der Waals surface area contributed by atoms with E-state index in [4.69, 9.17) is 10.00 Å². The summed E-state index contributed by atoms with van der Waals surface area (Å²) >= 11 is 3.51. The molecule has 0 unspecified atom stereocenters. The Hall–Kier alpha value is -1.99. The van der Waals surface area contributed by atoms with Crippen LogP contribution in [0.5, 0.6) is 5.75 Å². The van der Waals surface area contributed by atoms with E-state index in [-0.39, 0.29) is 0 Å². The summed E-state index contributed by atoms with van der Waals surface area (Å²) in [5.74, 6) is 0.606. The number of nitrogens with zero attached hydrogens (tertiary/aromatic N) is 1. The van der Waals surface area contributed by atoms with E-state index in [1.165, 1.54) is 5.56 Å². The largest absolute Gasteiger partial charge is 0.495 e. The predicted molar refractivity (Wildman–Crippen MR) is 83.9 cm³/mol. The first kappa shape index (κ1) is 14.4. The van der Waals surface area contributed by atoms with Gasteiger partial charge in [-0.15, -0.1) is 0 Å². The zero-order valence-electron chi connectivity index (χ0n) is 11.4. The quantitative estimate of drug-likeness (QED) is 0.911. The number of nitriles is 1. The lowest BCUT2D eigenvalue weighted by molar-refractivity contribution is 0.413. The highest BCUT2D eigenvalue weighted by atomic mass is 79.9. The molecule has 0 aliphatic heterocycles. The number of rotatable bonds is 4. The van der Waals surface area contributed by atoms with Crippen molar-refractivity contribution in [3.63, 3.8) is 0 Å². The van der Waals surface area contributed by atoms with E-state index in [9.17, 15) is 0 Å². The minimum Gasteiger partial charge on any atom is -0.495 e. The van der Waals surface area contributed by atoms with Crippen LogP contribution in [0.25, 0.3) is 0 Å². The first-order chi connectivity index (χ1) is 9.65. The molecule has 0 aromatic heterocycles. The van der Waals surface area contributed by atoms with Crippen LogP contribution < -0.4 is 10.1 Å². The molecule has 0 saturated heterocycles. The third-order valence-corrected chi connectivity index (χ3v) is 3.99. The van der Waals surface area contributed by atoms with E-state index in [1.807, 2.05) is 36.4 Å². The molecule has 0 bridgehead atoms. The molecule has 0 radical (unpaired) electrons. The predicted octanol–water partition coefficient (Wildman–Crippen LogP) is 4.25. The van der Waals surface area contributed by atoms with E-state index in [2.05, 4.69) is 34.2 Å². The number of anilines is 1. The van der Waals surface area contributed by atoms with Gasteiger partial charge in [-0.25, -0.2) is 0 Å². The molecular weight excluding hydrogens is 316 g/mol. The normalized spacial score (nSPS) is 9.90. The van der Waals surface area contributed by atoms with Crippen LogP contribution in [0.2, 0.25) is 0 Å². The average molecular weight is 331 g/mol. The molecular formula is C16H15BrN2O. The van der Waals surface area contributed by atoms with Gasteiger partial charge in [-0.2, -0.15) is 5.26 Å². The van der Waals surface area contributed by atoms with Crippen molar-refractivity contribution in [3.05, 3.63) is 57.6 Å². The third kappa shape index (κ3) is 3.12. The Kier molecular flexibility index (Phi) is 4.65. The molecule has 0 atom stereocenters. The fourth-order valence-electron chi connectivity index (χ4n) is 1.95. The van der Waals surface area contributed by atoms with Gasteiger partial charge in [0.05, 0.1) is 12.7 Å². The lowest BCUT2D eigenvalue weighted by Crippen LogP contribution is -2.02. The Balaban J connectivity index is 2.15. The third-order valence-electron chi connectivity index (χ3n) is 3.13. The van der Waals surface area contributed by atoms with Gasteiger partial charge in [0.1, 0.15) is 11.8 Å². The molecule has 4 heteroatoms. The van der Waals surface area contributed by atoms with Crippen LogP contribution in [0.4, 0.5) is 5.69 Å². The molecule has 0 spiro atoms. The topological polar surface area (TPSA) is 45.0 Å². The summed E-state index contributed by atoms with van der Waals surface area (Å²) < 4.78 is 6.22. The molecule has 0 aliphatic carbocycles. The molecule has 20 heavy (non-hydrogen) atoms. The van der Waals surface area contributed by atoms with Crippen molar-refractivity contribution in [2.24, 2.45) is 0 Å². The molecule has 102 valence electrons. The van der Waals surface area contributed by atoms with Crippen LogP contribution >= 0.6 is 15.9 Å². The van der Waals surface area contributed by atoms with E-state index >= 15 is 0 Å². The van der Waals surface area contributed by atoms with Crippen molar-refractivity contribution in [2.45, 2.75) is 13.5 Å². The number of hydrogen-bond acceptors (Lipinski definition) is 3. The fraction of sp³-hybridized carbons (Fsp3) is 0.188. The van der Waals surface area contributed by atoms with Gasteiger partial charge >= 0.3 is 0 Å². The summed E-state index contributed by atoms with van der Waals surface area (Å²) in [6.07, 6.45) is 0. The highest BCUT2D eigenvalue weighted by molar-refractivity contribution is 9.10. The van der Waals surface area contributed by atoms with E-state index in [1.54, 1.807) is 7.11 Å². The average Bonchev–Trinajstić information content (AvgIpc) is 2.48. The molecule has 2 aromatic rings. The Bertz CT molecular complexity index is 662. The molecule has 0 amide bonds. The second-order valence-electron chi connectivity index (χ2n) is 4.41. The fourth-order valence-corrected chi connectivity index (χ4v) is 2.31. The molecule has 0 aliphatic rings. The smallest absolute Gasteiger partial charge is 0.136 e. The molecule has 0 heterocycles. The summed E-state index contributed by atoms with van der Waals surface area (Å²) in [7, 11) is 1.57. The molecule has 3 nitrogen and oxygen atoms in total. The number of hydrogen-bond donors (Lipinski definition) is 1. The number of ether oxygens (including phenoxy) is 1. The highest BCUT2D eigenvalue weighted by Gasteiger charge is 2.05. The second kappa shape index (κ2) is 6.44. The summed E-state index contributed by atoms with van der Waals surface area (Å²) in [6.45, 7) is 2.72. The van der Waals surface area contributed by atoms with Gasteiger partial charge in [0.25, 0.3) is 0 Å². The van der Waals surface area contributed by atoms with Gasteiger partial charge in [0.2, 0.25) is 0 Å². The number of halogens is 1. The maximum Gasteiger partial charge on any atom is 0.136 e. The summed E-state index contributed by atoms with van der Waals surface area (Å²) in [4.78, 5) is 0. The first-order valence-electron chi connectivity index (χ1n) is 6.21. The van der Waals surface area contributed by atoms with E-state index in [0.29, 0.717) is 17.9 Å². The van der Waals surface area contributed by atoms with Gasteiger partial charge < -0.3 is 10.1 Å². The lowest BCUT2D eigenvalue weighted by Gasteiger charge is -2.11. The zero-order chi connectivity index (χ0) is 14.5. The van der Waals surface area contributed by atoms with Crippen molar-refractivity contribution < 1.29 is 4.74 Å². The van der Waals surface area contributed by atoms with Crippen molar-refractivity contribution in [1.82, 2.24) is 0 Å². The SMILES string of the molecule is COc1ccc(CNc2cccc(Br)c2C)cc1C#N. The minimum absolute atomic E-state index is 0.553. The molecule has 2 rings (SSSR count). The molecule has 2 aromatic carbocycles. The molecule has 1 N–H and O–H groups in total. The van der Waals surface area contributed by atoms with Crippen molar-refractivity contribution in [2.75, 3.05) is 12.4 Å². The standard InChI is InChI=1S/C16H15BrN2O/c1-11-14(17)4-3-5-15(11)19-10-12-6-7-16(20-2)13(8-12)9-18/h3-8,19H,10H2,1-2H3. The highest BCUT2D eigenvalue weighted by Crippen LogP contribution is 2.24. The van der Waals surface area contributed by atoms with E-state index in [0.717, 1.165) is 15.7 Å². The zero-order valence-corrected chi connectivity index (χ0v) is 13.0. The lowest BCUT2D eigenvalue weighted by atomic mass is 10.1. The Morgan fingerprint density at radius 2 is 2.10 bits per heavy atom. The first-order valence-corrected chi connectivity index (χ1v) is 7.01. The van der Waals surface area contributed by atoms with Gasteiger partial charge in [-0.1, -0.05) is 28.1 Å². The summed E-state index contributed by atoms with van der Waals surface area (Å²) in [5, 5.41) is 12.5. The van der Waals surface area contributed by atoms with Crippen LogP contribution in [0.1, 0.15) is 16.7 Å². The minimum atomic E-state index is 0.553. The van der Waals surface area contributed by atoms with E-state index < -0.39 is 0 Å². The van der Waals surface area contributed by atoms with Gasteiger partial charge in [-0.05, 0) is 42.3 Å².